The smallest absolute Gasteiger partial charge is 0.246 e. The number of amides is 1. The number of hydrogen-bond donors (Lipinski definition) is 3. The minimum atomic E-state index is -0.0449. The summed E-state index contributed by atoms with van der Waals surface area (Å²) in [6.07, 6.45) is 10.6. The van der Waals surface area contributed by atoms with Crippen LogP contribution < -0.4 is 10.6 Å². The molecule has 168 valence electrons. The maximum atomic E-state index is 12.0. The lowest BCUT2D eigenvalue weighted by Gasteiger charge is -2.32. The van der Waals surface area contributed by atoms with Crippen molar-refractivity contribution in [1.82, 2.24) is 34.8 Å². The van der Waals surface area contributed by atoms with Crippen LogP contribution >= 0.6 is 0 Å². The minimum absolute atomic E-state index is 0.0449. The van der Waals surface area contributed by atoms with Crippen LogP contribution in [0.5, 0.6) is 0 Å². The van der Waals surface area contributed by atoms with E-state index < -0.39 is 0 Å². The lowest BCUT2D eigenvalue weighted by molar-refractivity contribution is -0.127. The van der Waals surface area contributed by atoms with E-state index in [9.17, 15) is 4.79 Å². The zero-order valence-corrected chi connectivity index (χ0v) is 17.8. The fourth-order valence-corrected chi connectivity index (χ4v) is 4.30. The second kappa shape index (κ2) is 8.95. The number of likely N-dealkylation sites (tertiary alicyclic amines) is 1. The monoisotopic (exact) mass is 437 g/mol. The van der Waals surface area contributed by atoms with E-state index in [1.54, 1.807) is 12.4 Å². The van der Waals surface area contributed by atoms with Gasteiger partial charge in [-0.05, 0) is 31.8 Å². The van der Waals surface area contributed by atoms with Gasteiger partial charge in [0.15, 0.2) is 5.65 Å². The molecule has 1 atom stereocenters. The molecular weight excluding hydrogens is 410 g/mol. The summed E-state index contributed by atoms with van der Waals surface area (Å²) in [6, 6.07) is 0.435. The first kappa shape index (κ1) is 20.4. The molecule has 0 spiro atoms. The van der Waals surface area contributed by atoms with Gasteiger partial charge in [0, 0.05) is 38.5 Å². The molecule has 5 rings (SSSR count). The normalized spacial score (nSPS) is 19.8. The molecule has 3 aromatic heterocycles. The van der Waals surface area contributed by atoms with Gasteiger partial charge in [-0.2, -0.15) is 20.2 Å². The number of aromatic amines is 1. The van der Waals surface area contributed by atoms with Crippen LogP contribution in [0, 0.1) is 0 Å². The molecule has 2 fully saturated rings. The Hall–Kier alpha value is -3.47. The molecule has 2 aliphatic heterocycles. The third-order valence-electron chi connectivity index (χ3n) is 5.98. The molecule has 2 saturated heterocycles. The summed E-state index contributed by atoms with van der Waals surface area (Å²) in [6.45, 7) is 6.48. The lowest BCUT2D eigenvalue weighted by Crippen LogP contribution is -2.44. The van der Waals surface area contributed by atoms with E-state index in [-0.39, 0.29) is 11.9 Å². The largest absolute Gasteiger partial charge is 0.381 e. The highest BCUT2D eigenvalue weighted by Crippen LogP contribution is 2.26. The highest BCUT2D eigenvalue weighted by atomic mass is 16.5. The van der Waals surface area contributed by atoms with Crippen molar-refractivity contribution in [3.8, 4) is 0 Å². The topological polar surface area (TPSA) is 126 Å². The van der Waals surface area contributed by atoms with Crippen molar-refractivity contribution in [3.05, 3.63) is 31.2 Å². The summed E-state index contributed by atoms with van der Waals surface area (Å²) in [5.74, 6) is 1.09. The molecule has 0 saturated carbocycles. The molecule has 0 aromatic carbocycles. The van der Waals surface area contributed by atoms with Crippen LogP contribution in [0.3, 0.4) is 0 Å². The predicted octanol–water partition coefficient (Wildman–Crippen LogP) is 2.23. The fourth-order valence-electron chi connectivity index (χ4n) is 4.30. The molecule has 0 bridgehead atoms. The van der Waals surface area contributed by atoms with Gasteiger partial charge in [0.1, 0.15) is 5.82 Å². The van der Waals surface area contributed by atoms with Crippen molar-refractivity contribution in [3.63, 3.8) is 0 Å². The number of fused-ring (bicyclic) bond motifs is 1. The summed E-state index contributed by atoms with van der Waals surface area (Å²) < 4.78 is 7.42. The zero-order valence-electron chi connectivity index (χ0n) is 17.8. The van der Waals surface area contributed by atoms with Gasteiger partial charge in [0.25, 0.3) is 0 Å². The number of aromatic nitrogens is 6. The lowest BCUT2D eigenvalue weighted by atomic mass is 10.1. The Morgan fingerprint density at radius 1 is 1.25 bits per heavy atom. The van der Waals surface area contributed by atoms with Crippen LogP contribution in [-0.4, -0.2) is 73.1 Å². The maximum absolute atomic E-state index is 12.0. The fraction of sp³-hybridized carbons (Fsp3) is 0.476. The van der Waals surface area contributed by atoms with Crippen molar-refractivity contribution in [1.29, 1.82) is 0 Å². The molecular formula is C21H27N9O2. The Labute approximate surface area is 185 Å². The quantitative estimate of drug-likeness (QED) is 0.501. The summed E-state index contributed by atoms with van der Waals surface area (Å²) in [4.78, 5) is 23.1. The van der Waals surface area contributed by atoms with E-state index in [0.717, 1.165) is 56.5 Å². The van der Waals surface area contributed by atoms with Gasteiger partial charge >= 0.3 is 0 Å². The van der Waals surface area contributed by atoms with Gasteiger partial charge in [0.2, 0.25) is 11.9 Å². The molecule has 2 aliphatic rings. The number of hydrogen-bond acceptors (Lipinski definition) is 8. The van der Waals surface area contributed by atoms with Gasteiger partial charge < -0.3 is 20.3 Å². The van der Waals surface area contributed by atoms with E-state index >= 15 is 0 Å². The number of anilines is 3. The van der Waals surface area contributed by atoms with Gasteiger partial charge in [-0.25, -0.2) is 0 Å². The molecule has 0 aliphatic carbocycles. The molecule has 11 heteroatoms. The number of nitrogens with zero attached hydrogens (tertiary/aromatic N) is 6. The summed E-state index contributed by atoms with van der Waals surface area (Å²) >= 11 is 0. The highest BCUT2D eigenvalue weighted by Gasteiger charge is 2.24. The van der Waals surface area contributed by atoms with Gasteiger partial charge in [-0.3, -0.25) is 14.6 Å². The number of piperidine rings is 1. The standard InChI is InChI=1S/C21H27N9O2/c1-2-18(31)29-7-3-4-14(12-29)24-19-17-11-22-28-20(17)27-21(26-19)25-15-10-23-30(13-15)16-5-8-32-9-6-16/h2,10-11,13-14,16H,1,3-9,12H2,(H3,22,24,25,26,27,28). The first-order chi connectivity index (χ1) is 15.7. The van der Waals surface area contributed by atoms with Gasteiger partial charge in [-0.1, -0.05) is 6.58 Å². The molecule has 1 unspecified atom stereocenters. The van der Waals surface area contributed by atoms with Crippen molar-refractivity contribution in [2.45, 2.75) is 37.8 Å². The number of H-pyrrole nitrogens is 1. The molecule has 1 amide bonds. The third-order valence-corrected chi connectivity index (χ3v) is 5.98. The number of nitrogens with one attached hydrogen (secondary N) is 3. The molecule has 11 nitrogen and oxygen atoms in total. The van der Waals surface area contributed by atoms with Crippen molar-refractivity contribution >= 4 is 34.4 Å². The number of rotatable bonds is 6. The van der Waals surface area contributed by atoms with Crippen LogP contribution in [0.1, 0.15) is 31.7 Å². The van der Waals surface area contributed by atoms with Crippen LogP contribution in [-0.2, 0) is 9.53 Å². The number of carbonyl (C=O) groups excluding carboxylic acids is 1. The van der Waals surface area contributed by atoms with Gasteiger partial charge in [-0.15, -0.1) is 0 Å². The van der Waals surface area contributed by atoms with E-state index in [2.05, 4.69) is 37.5 Å². The first-order valence-corrected chi connectivity index (χ1v) is 11.0. The average Bonchev–Trinajstić information content (AvgIpc) is 3.49. The molecule has 3 aromatic rings. The maximum Gasteiger partial charge on any atom is 0.246 e. The molecule has 32 heavy (non-hydrogen) atoms. The van der Waals surface area contributed by atoms with E-state index in [4.69, 9.17) is 9.72 Å². The van der Waals surface area contributed by atoms with Crippen LogP contribution in [0.2, 0.25) is 0 Å². The summed E-state index contributed by atoms with van der Waals surface area (Å²) in [7, 11) is 0. The molecule has 0 radical (unpaired) electrons. The molecule has 5 heterocycles. The second-order valence-electron chi connectivity index (χ2n) is 8.18. The van der Waals surface area contributed by atoms with Crippen molar-refractivity contribution < 1.29 is 9.53 Å². The number of ether oxygens (including phenoxy) is 1. The Morgan fingerprint density at radius 3 is 2.97 bits per heavy atom. The van der Waals surface area contributed by atoms with Crippen LogP contribution in [0.25, 0.3) is 11.0 Å². The van der Waals surface area contributed by atoms with Crippen molar-refractivity contribution in [2.24, 2.45) is 0 Å². The zero-order chi connectivity index (χ0) is 21.9. The van der Waals surface area contributed by atoms with Crippen LogP contribution in [0.4, 0.5) is 17.5 Å². The summed E-state index contributed by atoms with van der Waals surface area (Å²) in [5, 5.41) is 19.1. The van der Waals surface area contributed by atoms with Gasteiger partial charge in [0.05, 0.1) is 29.5 Å². The third kappa shape index (κ3) is 4.28. The Bertz CT molecular complexity index is 1100. The van der Waals surface area contributed by atoms with E-state index in [1.807, 2.05) is 15.8 Å². The Kier molecular flexibility index (Phi) is 5.71. The SMILES string of the molecule is C=CC(=O)N1CCCC(Nc2nc(Nc3cnn(C4CCOCC4)c3)nc3[nH]ncc23)C1. The Morgan fingerprint density at radius 2 is 2.12 bits per heavy atom. The van der Waals surface area contributed by atoms with Crippen LogP contribution in [0.15, 0.2) is 31.2 Å². The Balaban J connectivity index is 1.34. The van der Waals surface area contributed by atoms with Crippen molar-refractivity contribution in [2.75, 3.05) is 36.9 Å². The summed E-state index contributed by atoms with van der Waals surface area (Å²) in [5.41, 5.74) is 1.46. The second-order valence-corrected chi connectivity index (χ2v) is 8.18. The van der Waals surface area contributed by atoms with E-state index in [0.29, 0.717) is 30.0 Å². The average molecular weight is 438 g/mol. The molecule has 3 N–H and O–H groups in total. The number of carbonyl (C=O) groups is 1. The minimum Gasteiger partial charge on any atom is -0.381 e. The highest BCUT2D eigenvalue weighted by molar-refractivity contribution is 5.88. The van der Waals surface area contributed by atoms with E-state index in [1.165, 1.54) is 6.08 Å². The first-order valence-electron chi connectivity index (χ1n) is 11.0. The predicted molar refractivity (Wildman–Crippen MR) is 120 cm³/mol.